The molecule has 0 aliphatic carbocycles. The standard InChI is InChI=1S/C29H27N3O5/c33-26-8-4-7-24-21-11-19(15-32(24)26)14-31(16-21)27(29(36)37)23-17-30(13-18-5-2-1-3-6-18)25-12-20(28(34)35)9-10-22(23)25/h1-10,12,17,19,21,27H,11,13-16H2,(H,34,35)(H,36,37)/t19-,21-,27-/m1/s1. The minimum atomic E-state index is -1.02. The van der Waals surface area contributed by atoms with Crippen LogP contribution in [0.15, 0.2) is 77.7 Å². The molecule has 2 bridgehead atoms. The number of piperidine rings is 1. The zero-order chi connectivity index (χ0) is 25.7. The van der Waals surface area contributed by atoms with Gasteiger partial charge < -0.3 is 19.3 Å². The first-order chi connectivity index (χ1) is 17.9. The third-order valence-corrected chi connectivity index (χ3v) is 7.76. The number of benzene rings is 2. The van der Waals surface area contributed by atoms with Gasteiger partial charge in [0.05, 0.1) is 5.56 Å². The third kappa shape index (κ3) is 4.13. The molecule has 0 radical (unpaired) electrons. The molecular formula is C29H27N3O5. The van der Waals surface area contributed by atoms with Gasteiger partial charge in [-0.15, -0.1) is 0 Å². The molecule has 188 valence electrons. The van der Waals surface area contributed by atoms with E-state index >= 15 is 0 Å². The van der Waals surface area contributed by atoms with Crippen LogP contribution in [0.5, 0.6) is 0 Å². The van der Waals surface area contributed by atoms with E-state index in [1.54, 1.807) is 24.3 Å². The Morgan fingerprint density at radius 1 is 0.946 bits per heavy atom. The van der Waals surface area contributed by atoms with E-state index in [0.29, 0.717) is 37.3 Å². The Morgan fingerprint density at radius 3 is 2.51 bits per heavy atom. The largest absolute Gasteiger partial charge is 0.480 e. The van der Waals surface area contributed by atoms with Crippen molar-refractivity contribution in [3.63, 3.8) is 0 Å². The van der Waals surface area contributed by atoms with Gasteiger partial charge in [0, 0.05) is 66.5 Å². The molecule has 0 saturated carbocycles. The molecule has 1 saturated heterocycles. The Bertz CT molecular complexity index is 1570. The predicted octanol–water partition coefficient (Wildman–Crippen LogP) is 3.79. The number of carboxylic acids is 2. The molecule has 2 aliphatic heterocycles. The van der Waals surface area contributed by atoms with Gasteiger partial charge in [-0.3, -0.25) is 14.5 Å². The van der Waals surface area contributed by atoms with Crippen LogP contribution in [0.1, 0.15) is 45.6 Å². The average Bonchev–Trinajstić information content (AvgIpc) is 3.22. The van der Waals surface area contributed by atoms with Crippen LogP contribution in [-0.4, -0.2) is 49.3 Å². The summed E-state index contributed by atoms with van der Waals surface area (Å²) in [6.45, 7) is 2.20. The highest BCUT2D eigenvalue weighted by atomic mass is 16.4. The van der Waals surface area contributed by atoms with E-state index < -0.39 is 18.0 Å². The Kier molecular flexibility index (Phi) is 5.68. The summed E-state index contributed by atoms with van der Waals surface area (Å²) in [5.74, 6) is -1.70. The second-order valence-electron chi connectivity index (χ2n) is 10.1. The van der Waals surface area contributed by atoms with E-state index in [9.17, 15) is 24.6 Å². The summed E-state index contributed by atoms with van der Waals surface area (Å²) in [5, 5.41) is 20.8. The van der Waals surface area contributed by atoms with E-state index in [0.717, 1.165) is 23.1 Å². The number of rotatable bonds is 6. The van der Waals surface area contributed by atoms with E-state index in [2.05, 4.69) is 0 Å². The zero-order valence-corrected chi connectivity index (χ0v) is 20.2. The molecule has 2 N–H and O–H groups in total. The van der Waals surface area contributed by atoms with Gasteiger partial charge in [0.25, 0.3) is 5.56 Å². The number of aliphatic carboxylic acids is 1. The van der Waals surface area contributed by atoms with Crippen molar-refractivity contribution < 1.29 is 19.8 Å². The first-order valence-electron chi connectivity index (χ1n) is 12.5. The lowest BCUT2D eigenvalue weighted by molar-refractivity contribution is -0.144. The number of likely N-dealkylation sites (tertiary alicyclic amines) is 1. The minimum absolute atomic E-state index is 0.00588. The van der Waals surface area contributed by atoms with Gasteiger partial charge in [-0.1, -0.05) is 42.5 Å². The number of pyridine rings is 1. The van der Waals surface area contributed by atoms with E-state index in [-0.39, 0.29) is 23.0 Å². The van der Waals surface area contributed by atoms with Crippen molar-refractivity contribution in [2.45, 2.75) is 31.5 Å². The van der Waals surface area contributed by atoms with Crippen LogP contribution in [-0.2, 0) is 17.9 Å². The third-order valence-electron chi connectivity index (χ3n) is 7.76. The highest BCUT2D eigenvalue weighted by Crippen LogP contribution is 2.40. The van der Waals surface area contributed by atoms with Crippen LogP contribution in [0.25, 0.3) is 10.9 Å². The fourth-order valence-corrected chi connectivity index (χ4v) is 6.21. The lowest BCUT2D eigenvalue weighted by atomic mass is 9.82. The average molecular weight is 498 g/mol. The highest BCUT2D eigenvalue weighted by Gasteiger charge is 2.40. The van der Waals surface area contributed by atoms with Crippen LogP contribution < -0.4 is 5.56 Å². The van der Waals surface area contributed by atoms with Crippen LogP contribution >= 0.6 is 0 Å². The lowest BCUT2D eigenvalue weighted by Gasteiger charge is -2.44. The Labute approximate surface area is 213 Å². The molecule has 2 aliphatic rings. The molecule has 4 heterocycles. The molecule has 8 nitrogen and oxygen atoms in total. The van der Waals surface area contributed by atoms with Crippen LogP contribution in [0.2, 0.25) is 0 Å². The van der Waals surface area contributed by atoms with Crippen LogP contribution in [0.4, 0.5) is 0 Å². The summed E-state index contributed by atoms with van der Waals surface area (Å²) >= 11 is 0. The lowest BCUT2D eigenvalue weighted by Crippen LogP contribution is -2.49. The Morgan fingerprint density at radius 2 is 1.76 bits per heavy atom. The minimum Gasteiger partial charge on any atom is -0.480 e. The zero-order valence-electron chi connectivity index (χ0n) is 20.2. The molecule has 8 heteroatoms. The number of carboxylic acid groups (broad SMARTS) is 2. The number of nitrogens with zero attached hydrogens (tertiary/aromatic N) is 3. The molecule has 37 heavy (non-hydrogen) atoms. The molecule has 1 fully saturated rings. The Balaban J connectivity index is 1.43. The number of aromatic nitrogens is 2. The normalized spacial score (nSPS) is 19.9. The first-order valence-corrected chi connectivity index (χ1v) is 12.5. The fraction of sp³-hybridized carbons (Fsp3) is 0.276. The number of carbonyl (C=O) groups is 2. The Hall–Kier alpha value is -4.17. The van der Waals surface area contributed by atoms with Crippen molar-refractivity contribution in [3.8, 4) is 0 Å². The van der Waals surface area contributed by atoms with E-state index in [1.807, 2.05) is 56.6 Å². The number of hydrogen-bond donors (Lipinski definition) is 2. The van der Waals surface area contributed by atoms with Crippen LogP contribution in [0.3, 0.4) is 0 Å². The van der Waals surface area contributed by atoms with Crippen molar-refractivity contribution in [2.75, 3.05) is 13.1 Å². The second kappa shape index (κ2) is 9.05. The van der Waals surface area contributed by atoms with Crippen molar-refractivity contribution >= 4 is 22.8 Å². The van der Waals surface area contributed by atoms with Crippen molar-refractivity contribution in [3.05, 3.63) is 106 Å². The summed E-state index contributed by atoms with van der Waals surface area (Å²) in [6, 6.07) is 19.1. The van der Waals surface area contributed by atoms with Gasteiger partial charge in [-0.25, -0.2) is 4.79 Å². The molecule has 3 atom stereocenters. The molecular weight excluding hydrogens is 470 g/mol. The van der Waals surface area contributed by atoms with Crippen LogP contribution in [0, 0.1) is 5.92 Å². The predicted molar refractivity (Wildman–Crippen MR) is 138 cm³/mol. The first kappa shape index (κ1) is 23.2. The monoisotopic (exact) mass is 497 g/mol. The topological polar surface area (TPSA) is 105 Å². The fourth-order valence-electron chi connectivity index (χ4n) is 6.21. The van der Waals surface area contributed by atoms with E-state index in [4.69, 9.17) is 0 Å². The number of fused-ring (bicyclic) bond motifs is 5. The van der Waals surface area contributed by atoms with Gasteiger partial charge in [0.1, 0.15) is 6.04 Å². The molecule has 2 aromatic carbocycles. The molecule has 4 aromatic rings. The van der Waals surface area contributed by atoms with E-state index in [1.165, 1.54) is 6.07 Å². The van der Waals surface area contributed by atoms with Gasteiger partial charge in [0.2, 0.25) is 0 Å². The second-order valence-corrected chi connectivity index (χ2v) is 10.1. The number of hydrogen-bond acceptors (Lipinski definition) is 4. The smallest absolute Gasteiger partial charge is 0.335 e. The maximum absolute atomic E-state index is 12.8. The van der Waals surface area contributed by atoms with Gasteiger partial charge in [0.15, 0.2) is 0 Å². The van der Waals surface area contributed by atoms with Gasteiger partial charge in [-0.05, 0) is 36.1 Å². The molecule has 2 aromatic heterocycles. The SMILES string of the molecule is O=C(O)c1ccc2c([C@H](C(=O)O)N3C[C@H]4C[C@H](C3)c3cccc(=O)n3C4)cn(Cc3ccccc3)c2c1. The van der Waals surface area contributed by atoms with Gasteiger partial charge >= 0.3 is 11.9 Å². The highest BCUT2D eigenvalue weighted by molar-refractivity contribution is 5.96. The summed E-state index contributed by atoms with van der Waals surface area (Å²) in [7, 11) is 0. The summed E-state index contributed by atoms with van der Waals surface area (Å²) in [5.41, 5.74) is 3.50. The van der Waals surface area contributed by atoms with Gasteiger partial charge in [-0.2, -0.15) is 0 Å². The quantitative estimate of drug-likeness (QED) is 0.420. The van der Waals surface area contributed by atoms with Crippen molar-refractivity contribution in [1.82, 2.24) is 14.0 Å². The maximum atomic E-state index is 12.8. The van der Waals surface area contributed by atoms with Crippen molar-refractivity contribution in [2.24, 2.45) is 5.92 Å². The summed E-state index contributed by atoms with van der Waals surface area (Å²) in [4.78, 5) is 39.0. The molecule has 0 spiro atoms. The molecule has 0 amide bonds. The van der Waals surface area contributed by atoms with Crippen molar-refractivity contribution in [1.29, 1.82) is 0 Å². The maximum Gasteiger partial charge on any atom is 0.335 e. The molecule has 0 unspecified atom stereocenters. The summed E-state index contributed by atoms with van der Waals surface area (Å²) < 4.78 is 3.78. The molecule has 6 rings (SSSR count). The summed E-state index contributed by atoms with van der Waals surface area (Å²) in [6.07, 6.45) is 2.80. The number of aromatic carboxylic acids is 1.